The molecule has 0 saturated carbocycles. The number of aryl methyl sites for hydroxylation is 1. The number of rotatable bonds is 4. The first-order valence-electron chi connectivity index (χ1n) is 9.14. The monoisotopic (exact) mass is 343 g/mol. The summed E-state index contributed by atoms with van der Waals surface area (Å²) in [6, 6.07) is 1.78. The fourth-order valence-electron chi connectivity index (χ4n) is 3.71. The molecule has 7 nitrogen and oxygen atoms in total. The third-order valence-corrected chi connectivity index (χ3v) is 5.10. The molecule has 7 heteroatoms. The van der Waals surface area contributed by atoms with E-state index in [1.54, 1.807) is 19.4 Å². The maximum atomic E-state index is 5.55. The minimum Gasteiger partial charge on any atom is -0.481 e. The van der Waals surface area contributed by atoms with Crippen LogP contribution in [-0.4, -0.2) is 53.3 Å². The van der Waals surface area contributed by atoms with Gasteiger partial charge in [-0.1, -0.05) is 5.16 Å². The topological polar surface area (TPSA) is 67.5 Å². The number of nitrogens with zero attached hydrogens (tertiary/aromatic N) is 5. The summed E-state index contributed by atoms with van der Waals surface area (Å²) in [5.41, 5.74) is 2.50. The highest BCUT2D eigenvalue weighted by Gasteiger charge is 2.23. The number of ether oxygens (including phenoxy) is 1. The first kappa shape index (κ1) is 16.3. The first-order chi connectivity index (χ1) is 12.3. The number of aromatic nitrogens is 3. The van der Waals surface area contributed by atoms with Gasteiger partial charge in [-0.05, 0) is 25.7 Å². The molecule has 0 N–H and O–H groups in total. The second kappa shape index (κ2) is 7.39. The average molecular weight is 343 g/mol. The second-order valence-corrected chi connectivity index (χ2v) is 6.75. The number of methoxy groups -OCH3 is 1. The summed E-state index contributed by atoms with van der Waals surface area (Å²) < 4.78 is 10.8. The van der Waals surface area contributed by atoms with Gasteiger partial charge in [0.2, 0.25) is 11.8 Å². The van der Waals surface area contributed by atoms with E-state index in [0.717, 1.165) is 69.4 Å². The average Bonchev–Trinajstić information content (AvgIpc) is 2.91. The van der Waals surface area contributed by atoms with Crippen LogP contribution in [0.15, 0.2) is 16.8 Å². The third kappa shape index (κ3) is 3.61. The molecule has 1 fully saturated rings. The summed E-state index contributed by atoms with van der Waals surface area (Å²) in [6.07, 6.45) is 7.48. The Balaban J connectivity index is 1.40. The van der Waals surface area contributed by atoms with Crippen LogP contribution < -0.4 is 9.64 Å². The van der Waals surface area contributed by atoms with Gasteiger partial charge in [0.25, 0.3) is 0 Å². The quantitative estimate of drug-likeness (QED) is 0.842. The van der Waals surface area contributed by atoms with Gasteiger partial charge < -0.3 is 14.2 Å². The van der Waals surface area contributed by atoms with Crippen molar-refractivity contribution < 1.29 is 9.26 Å². The van der Waals surface area contributed by atoms with E-state index in [0.29, 0.717) is 5.88 Å². The summed E-state index contributed by atoms with van der Waals surface area (Å²) in [6.45, 7) is 4.78. The molecule has 0 spiro atoms. The maximum Gasteiger partial charge on any atom is 0.228 e. The van der Waals surface area contributed by atoms with Crippen molar-refractivity contribution in [3.05, 3.63) is 29.3 Å². The van der Waals surface area contributed by atoms with Crippen LogP contribution in [0.3, 0.4) is 0 Å². The summed E-state index contributed by atoms with van der Waals surface area (Å²) in [5, 5.41) is 4.35. The van der Waals surface area contributed by atoms with E-state index in [1.807, 2.05) is 0 Å². The lowest BCUT2D eigenvalue weighted by molar-refractivity contribution is 0.273. The minimum absolute atomic E-state index is 0.611. The molecule has 1 aliphatic carbocycles. The van der Waals surface area contributed by atoms with Crippen LogP contribution in [0.4, 0.5) is 5.95 Å². The Morgan fingerprint density at radius 3 is 2.96 bits per heavy atom. The van der Waals surface area contributed by atoms with Crippen LogP contribution in [0.25, 0.3) is 0 Å². The van der Waals surface area contributed by atoms with E-state index < -0.39 is 0 Å². The van der Waals surface area contributed by atoms with Crippen molar-refractivity contribution in [2.75, 3.05) is 38.2 Å². The van der Waals surface area contributed by atoms with Gasteiger partial charge in [0.1, 0.15) is 11.5 Å². The van der Waals surface area contributed by atoms with Crippen LogP contribution in [0.1, 0.15) is 36.3 Å². The predicted octanol–water partition coefficient (Wildman–Crippen LogP) is 2.06. The van der Waals surface area contributed by atoms with E-state index in [4.69, 9.17) is 9.26 Å². The van der Waals surface area contributed by atoms with E-state index in [9.17, 15) is 0 Å². The van der Waals surface area contributed by atoms with Gasteiger partial charge in [0, 0.05) is 57.0 Å². The Morgan fingerprint density at radius 2 is 2.04 bits per heavy atom. The van der Waals surface area contributed by atoms with Crippen LogP contribution in [-0.2, 0) is 19.4 Å². The van der Waals surface area contributed by atoms with Crippen LogP contribution in [0, 0.1) is 0 Å². The molecule has 0 unspecified atom stereocenters. The lowest BCUT2D eigenvalue weighted by Gasteiger charge is -2.22. The van der Waals surface area contributed by atoms with E-state index in [2.05, 4.69) is 24.9 Å². The van der Waals surface area contributed by atoms with Crippen LogP contribution in [0.2, 0.25) is 0 Å². The first-order valence-corrected chi connectivity index (χ1v) is 9.14. The van der Waals surface area contributed by atoms with E-state index in [1.165, 1.54) is 18.4 Å². The largest absolute Gasteiger partial charge is 0.481 e. The van der Waals surface area contributed by atoms with E-state index >= 15 is 0 Å². The van der Waals surface area contributed by atoms with Crippen molar-refractivity contribution in [2.24, 2.45) is 0 Å². The predicted molar refractivity (Wildman–Crippen MR) is 93.8 cm³/mol. The summed E-state index contributed by atoms with van der Waals surface area (Å²) in [7, 11) is 1.63. The molecule has 0 amide bonds. The number of hydrogen-bond donors (Lipinski definition) is 0. The zero-order valence-corrected chi connectivity index (χ0v) is 14.8. The summed E-state index contributed by atoms with van der Waals surface area (Å²) in [4.78, 5) is 13.6. The zero-order valence-electron chi connectivity index (χ0n) is 14.8. The van der Waals surface area contributed by atoms with Gasteiger partial charge in [-0.25, -0.2) is 4.98 Å². The molecule has 3 heterocycles. The molecule has 0 aromatic carbocycles. The molecule has 1 saturated heterocycles. The molecule has 0 radical (unpaired) electrons. The second-order valence-electron chi connectivity index (χ2n) is 6.75. The summed E-state index contributed by atoms with van der Waals surface area (Å²) in [5.74, 6) is 2.47. The van der Waals surface area contributed by atoms with Gasteiger partial charge in [-0.15, -0.1) is 0 Å². The fraction of sp³-hybridized carbons (Fsp3) is 0.611. The molecule has 1 aliphatic heterocycles. The standard InChI is InChI=1S/C18H25N5O2/c1-24-17-7-8-19-18(20-17)23-10-4-9-22(11-12-23)13-15-14-5-2-3-6-16(14)25-21-15/h7-8H,2-6,9-13H2,1H3. The van der Waals surface area contributed by atoms with Gasteiger partial charge in [0.15, 0.2) is 0 Å². The highest BCUT2D eigenvalue weighted by molar-refractivity contribution is 5.32. The molecular formula is C18H25N5O2. The Labute approximate surface area is 148 Å². The maximum absolute atomic E-state index is 5.55. The molecule has 134 valence electrons. The molecule has 0 atom stereocenters. The molecule has 2 aromatic heterocycles. The van der Waals surface area contributed by atoms with Gasteiger partial charge in [-0.2, -0.15) is 4.98 Å². The molecule has 0 bridgehead atoms. The highest BCUT2D eigenvalue weighted by atomic mass is 16.5. The van der Waals surface area contributed by atoms with Crippen molar-refractivity contribution in [3.63, 3.8) is 0 Å². The third-order valence-electron chi connectivity index (χ3n) is 5.10. The van der Waals surface area contributed by atoms with E-state index in [-0.39, 0.29) is 0 Å². The summed E-state index contributed by atoms with van der Waals surface area (Å²) >= 11 is 0. The molecular weight excluding hydrogens is 318 g/mol. The zero-order chi connectivity index (χ0) is 17.1. The van der Waals surface area contributed by atoms with Crippen molar-refractivity contribution in [1.29, 1.82) is 0 Å². The molecule has 4 rings (SSSR count). The lowest BCUT2D eigenvalue weighted by Crippen LogP contribution is -2.31. The number of fused-ring (bicyclic) bond motifs is 1. The highest BCUT2D eigenvalue weighted by Crippen LogP contribution is 2.25. The molecule has 2 aliphatic rings. The molecule has 2 aromatic rings. The Hall–Kier alpha value is -2.15. The lowest BCUT2D eigenvalue weighted by atomic mass is 9.96. The Morgan fingerprint density at radius 1 is 1.12 bits per heavy atom. The molecule has 25 heavy (non-hydrogen) atoms. The number of hydrogen-bond acceptors (Lipinski definition) is 7. The van der Waals surface area contributed by atoms with Crippen molar-refractivity contribution >= 4 is 5.95 Å². The fourth-order valence-corrected chi connectivity index (χ4v) is 3.71. The van der Waals surface area contributed by atoms with Crippen molar-refractivity contribution in [1.82, 2.24) is 20.0 Å². The van der Waals surface area contributed by atoms with Crippen molar-refractivity contribution in [3.8, 4) is 5.88 Å². The van der Waals surface area contributed by atoms with Crippen LogP contribution >= 0.6 is 0 Å². The smallest absolute Gasteiger partial charge is 0.228 e. The van der Waals surface area contributed by atoms with Gasteiger partial charge in [0.05, 0.1) is 7.11 Å². The van der Waals surface area contributed by atoms with Crippen molar-refractivity contribution in [2.45, 2.75) is 38.6 Å². The van der Waals surface area contributed by atoms with Crippen LogP contribution in [0.5, 0.6) is 5.88 Å². The Bertz CT molecular complexity index is 717. The minimum atomic E-state index is 0.611. The Kier molecular flexibility index (Phi) is 4.83. The number of anilines is 1. The SMILES string of the molecule is COc1ccnc(N2CCCN(Cc3noc4c3CCCC4)CC2)n1. The van der Waals surface area contributed by atoms with Gasteiger partial charge in [-0.3, -0.25) is 4.90 Å². The van der Waals surface area contributed by atoms with Gasteiger partial charge >= 0.3 is 0 Å². The normalized spacial score (nSPS) is 18.7.